The van der Waals surface area contributed by atoms with Crippen LogP contribution < -0.4 is 15.2 Å². The molecule has 1 aromatic carbocycles. The van der Waals surface area contributed by atoms with E-state index in [9.17, 15) is 22.4 Å². The van der Waals surface area contributed by atoms with Gasteiger partial charge in [0.15, 0.2) is 5.82 Å². The molecule has 0 radical (unpaired) electrons. The van der Waals surface area contributed by atoms with E-state index in [-0.39, 0.29) is 36.2 Å². The second-order valence-corrected chi connectivity index (χ2v) is 8.61. The molecular weight excluding hydrogens is 541 g/mol. The largest absolute Gasteiger partial charge is 0.476 e. The molecule has 3 heterocycles. The maximum Gasteiger partial charge on any atom is 0.417 e. The van der Waals surface area contributed by atoms with Gasteiger partial charge in [-0.2, -0.15) is 23.3 Å². The summed E-state index contributed by atoms with van der Waals surface area (Å²) in [5, 5.41) is 3.64. The Kier molecular flexibility index (Phi) is 7.69. The summed E-state index contributed by atoms with van der Waals surface area (Å²) in [6, 6.07) is 3.93. The molecule has 0 unspecified atom stereocenters. The maximum absolute atomic E-state index is 14.5. The second-order valence-electron chi connectivity index (χ2n) is 7.80. The predicted molar refractivity (Wildman–Crippen MR) is 126 cm³/mol. The summed E-state index contributed by atoms with van der Waals surface area (Å²) in [6.07, 6.45) is 1.51. The lowest BCUT2D eigenvalue weighted by atomic mass is 10.2. The molecule has 0 amide bonds. The lowest BCUT2D eigenvalue weighted by molar-refractivity contribution is -0.137. The first-order chi connectivity index (χ1) is 17.5. The summed E-state index contributed by atoms with van der Waals surface area (Å²) in [7, 11) is 1.75. The lowest BCUT2D eigenvalue weighted by Gasteiger charge is -2.12. The molecule has 0 saturated heterocycles. The fourth-order valence-corrected chi connectivity index (χ4v) is 3.69. The monoisotopic (exact) mass is 557 g/mol. The summed E-state index contributed by atoms with van der Waals surface area (Å²) in [5.41, 5.74) is -0.501. The SMILES string of the molecule is Cn1cc(Cn2cc(Cl)c(OCCc3cnc(Oc4ccc(Cl)c(C(F)(F)F)c4)c(F)c3)nc2=O)cn1. The van der Waals surface area contributed by atoms with Gasteiger partial charge in [-0.1, -0.05) is 23.2 Å². The normalized spacial score (nSPS) is 11.5. The van der Waals surface area contributed by atoms with Crippen molar-refractivity contribution in [2.24, 2.45) is 7.05 Å². The van der Waals surface area contributed by atoms with Crippen LogP contribution in [0.15, 0.2) is 53.8 Å². The number of aryl methyl sites for hydroxylation is 1. The van der Waals surface area contributed by atoms with E-state index in [1.54, 1.807) is 24.1 Å². The highest BCUT2D eigenvalue weighted by Gasteiger charge is 2.33. The van der Waals surface area contributed by atoms with Gasteiger partial charge in [0.25, 0.3) is 5.88 Å². The highest BCUT2D eigenvalue weighted by atomic mass is 35.5. The number of halogens is 6. The Morgan fingerprint density at radius 2 is 1.81 bits per heavy atom. The molecule has 14 heteroatoms. The average Bonchev–Trinajstić information content (AvgIpc) is 3.23. The van der Waals surface area contributed by atoms with Crippen molar-refractivity contribution < 1.29 is 27.0 Å². The van der Waals surface area contributed by atoms with Crippen molar-refractivity contribution in [3.05, 3.63) is 92.1 Å². The number of rotatable bonds is 8. The van der Waals surface area contributed by atoms with Crippen LogP contribution >= 0.6 is 23.2 Å². The number of nitrogens with zero attached hydrogens (tertiary/aromatic N) is 5. The summed E-state index contributed by atoms with van der Waals surface area (Å²) >= 11 is 11.8. The van der Waals surface area contributed by atoms with Crippen molar-refractivity contribution >= 4 is 23.2 Å². The molecule has 0 aliphatic carbocycles. The molecule has 0 fully saturated rings. The fourth-order valence-electron chi connectivity index (χ4n) is 3.26. The van der Waals surface area contributed by atoms with Gasteiger partial charge >= 0.3 is 11.9 Å². The Bertz CT molecular complexity index is 1490. The van der Waals surface area contributed by atoms with Crippen molar-refractivity contribution in [3.63, 3.8) is 0 Å². The van der Waals surface area contributed by atoms with Crippen LogP contribution in [-0.2, 0) is 26.2 Å². The van der Waals surface area contributed by atoms with E-state index in [1.807, 2.05) is 0 Å². The van der Waals surface area contributed by atoms with Crippen molar-refractivity contribution in [2.75, 3.05) is 6.61 Å². The summed E-state index contributed by atoms with van der Waals surface area (Å²) < 4.78 is 67.1. The number of hydrogen-bond acceptors (Lipinski definition) is 6. The Hall–Kier alpha value is -3.64. The smallest absolute Gasteiger partial charge is 0.417 e. The topological polar surface area (TPSA) is 84.1 Å². The molecule has 194 valence electrons. The number of benzene rings is 1. The van der Waals surface area contributed by atoms with E-state index >= 15 is 0 Å². The van der Waals surface area contributed by atoms with Crippen LogP contribution in [0.3, 0.4) is 0 Å². The van der Waals surface area contributed by atoms with Gasteiger partial charge in [0.2, 0.25) is 5.88 Å². The minimum absolute atomic E-state index is 0.00771. The summed E-state index contributed by atoms with van der Waals surface area (Å²) in [6.45, 7) is 0.221. The van der Waals surface area contributed by atoms with Crippen LogP contribution in [0.2, 0.25) is 10.0 Å². The zero-order valence-corrected chi connectivity index (χ0v) is 20.5. The van der Waals surface area contributed by atoms with Crippen LogP contribution in [-0.4, -0.2) is 30.9 Å². The van der Waals surface area contributed by atoms with Crippen molar-refractivity contribution in [1.82, 2.24) is 24.3 Å². The van der Waals surface area contributed by atoms with E-state index in [2.05, 4.69) is 15.1 Å². The van der Waals surface area contributed by atoms with Crippen molar-refractivity contribution in [2.45, 2.75) is 19.1 Å². The molecule has 37 heavy (non-hydrogen) atoms. The van der Waals surface area contributed by atoms with Gasteiger partial charge in [0, 0.05) is 37.6 Å². The number of aromatic nitrogens is 5. The molecule has 0 spiro atoms. The van der Waals surface area contributed by atoms with Gasteiger partial charge in [-0.15, -0.1) is 0 Å². The van der Waals surface area contributed by atoms with Crippen LogP contribution in [0, 0.1) is 5.82 Å². The van der Waals surface area contributed by atoms with Gasteiger partial charge in [-0.05, 0) is 29.8 Å². The van der Waals surface area contributed by atoms with Crippen molar-refractivity contribution in [1.29, 1.82) is 0 Å². The molecule has 3 aromatic heterocycles. The first-order valence-electron chi connectivity index (χ1n) is 10.6. The van der Waals surface area contributed by atoms with Crippen LogP contribution in [0.1, 0.15) is 16.7 Å². The van der Waals surface area contributed by atoms with Crippen LogP contribution in [0.5, 0.6) is 17.5 Å². The summed E-state index contributed by atoms with van der Waals surface area (Å²) in [5.74, 6) is -1.76. The number of hydrogen-bond donors (Lipinski definition) is 0. The number of alkyl halides is 3. The fraction of sp³-hybridized carbons (Fsp3) is 0.217. The molecule has 8 nitrogen and oxygen atoms in total. The zero-order chi connectivity index (χ0) is 26.7. The Labute approximate surface area is 217 Å². The lowest BCUT2D eigenvalue weighted by Crippen LogP contribution is -2.24. The Morgan fingerprint density at radius 3 is 2.49 bits per heavy atom. The highest BCUT2D eigenvalue weighted by Crippen LogP contribution is 2.37. The van der Waals surface area contributed by atoms with Crippen LogP contribution in [0.25, 0.3) is 0 Å². The molecule has 0 aliphatic rings. The van der Waals surface area contributed by atoms with Gasteiger partial charge in [0.1, 0.15) is 10.8 Å². The number of pyridine rings is 1. The Morgan fingerprint density at radius 1 is 1.03 bits per heavy atom. The van der Waals surface area contributed by atoms with E-state index in [1.165, 1.54) is 23.0 Å². The molecule has 0 bridgehead atoms. The molecular formula is C23H17Cl2F4N5O3. The zero-order valence-electron chi connectivity index (χ0n) is 19.0. The molecule has 4 aromatic rings. The highest BCUT2D eigenvalue weighted by molar-refractivity contribution is 6.31. The summed E-state index contributed by atoms with van der Waals surface area (Å²) in [4.78, 5) is 20.0. The average molecular weight is 558 g/mol. The second kappa shape index (κ2) is 10.8. The molecule has 0 aliphatic heterocycles. The predicted octanol–water partition coefficient (Wildman–Crippen LogP) is 5.30. The third kappa shape index (κ3) is 6.57. The van der Waals surface area contributed by atoms with Gasteiger partial charge in [0.05, 0.1) is 29.9 Å². The van der Waals surface area contributed by atoms with Gasteiger partial charge in [-0.3, -0.25) is 9.25 Å². The standard InChI is InChI=1S/C23H17Cl2F4N5O3/c1-33-10-14(9-31-33)11-34-12-18(25)20(32-22(34)35)36-5-4-13-6-19(26)21(30-8-13)37-15-2-3-17(24)16(7-15)23(27,28)29/h2-3,6-10,12H,4-5,11H2,1H3. The number of ether oxygens (including phenoxy) is 2. The minimum Gasteiger partial charge on any atom is -0.476 e. The molecule has 0 atom stereocenters. The van der Waals surface area contributed by atoms with Crippen LogP contribution in [0.4, 0.5) is 17.6 Å². The first-order valence-corrected chi connectivity index (χ1v) is 11.3. The first kappa shape index (κ1) is 26.4. The van der Waals surface area contributed by atoms with Gasteiger partial charge in [-0.25, -0.2) is 14.2 Å². The maximum atomic E-state index is 14.5. The molecule has 0 saturated carbocycles. The molecule has 0 N–H and O–H groups in total. The molecule has 4 rings (SSSR count). The third-order valence-electron chi connectivity index (χ3n) is 4.98. The third-order valence-corrected chi connectivity index (χ3v) is 5.57. The Balaban J connectivity index is 1.38. The van der Waals surface area contributed by atoms with E-state index in [0.29, 0.717) is 11.6 Å². The minimum atomic E-state index is -4.70. The van der Waals surface area contributed by atoms with E-state index in [4.69, 9.17) is 32.7 Å². The van der Waals surface area contributed by atoms with E-state index < -0.39 is 34.1 Å². The quantitative estimate of drug-likeness (QED) is 0.273. The van der Waals surface area contributed by atoms with Crippen molar-refractivity contribution in [3.8, 4) is 17.5 Å². The van der Waals surface area contributed by atoms with Gasteiger partial charge < -0.3 is 9.47 Å². The van der Waals surface area contributed by atoms with E-state index in [0.717, 1.165) is 17.7 Å².